The van der Waals surface area contributed by atoms with Gasteiger partial charge >= 0.3 is 0 Å². The number of benzene rings is 1. The van der Waals surface area contributed by atoms with Gasteiger partial charge in [-0.1, -0.05) is 6.07 Å². The van der Waals surface area contributed by atoms with Gasteiger partial charge in [-0.15, -0.1) is 11.3 Å². The van der Waals surface area contributed by atoms with E-state index in [0.29, 0.717) is 17.7 Å². The average Bonchev–Trinajstić information content (AvgIpc) is 3.03. The molecule has 2 amide bonds. The second-order valence-electron chi connectivity index (χ2n) is 6.65. The quantitative estimate of drug-likeness (QED) is 0.889. The van der Waals surface area contributed by atoms with Crippen molar-refractivity contribution in [2.45, 2.75) is 25.8 Å². The number of hydrogen-bond donors (Lipinski definition) is 1. The Morgan fingerprint density at radius 2 is 2.04 bits per heavy atom. The highest BCUT2D eigenvalue weighted by atomic mass is 32.1. The fraction of sp³-hybridized carbons (Fsp3) is 0.368. The Morgan fingerprint density at radius 3 is 2.73 bits per heavy atom. The maximum Gasteiger partial charge on any atom is 0.263 e. The van der Waals surface area contributed by atoms with Crippen molar-refractivity contribution in [3.63, 3.8) is 0 Å². The Bertz CT molecular complexity index is 848. The molecule has 0 fully saturated rings. The van der Waals surface area contributed by atoms with Gasteiger partial charge in [0.25, 0.3) is 5.91 Å². The zero-order chi connectivity index (χ0) is 18.8. The number of aryl methyl sites for hydroxylation is 1. The highest BCUT2D eigenvalue weighted by Crippen LogP contribution is 2.33. The molecule has 2 aromatic rings. The maximum atomic E-state index is 13.7. The topological polar surface area (TPSA) is 49.4 Å². The minimum absolute atomic E-state index is 0.0301. The van der Waals surface area contributed by atoms with Gasteiger partial charge in [0.1, 0.15) is 11.6 Å². The van der Waals surface area contributed by atoms with Gasteiger partial charge < -0.3 is 10.2 Å². The van der Waals surface area contributed by atoms with E-state index in [9.17, 15) is 18.4 Å². The minimum atomic E-state index is -0.666. The van der Waals surface area contributed by atoms with Crippen molar-refractivity contribution in [1.82, 2.24) is 10.2 Å². The van der Waals surface area contributed by atoms with E-state index in [1.165, 1.54) is 23.5 Å². The Morgan fingerprint density at radius 1 is 1.27 bits per heavy atom. The Balaban J connectivity index is 1.63. The number of halogens is 2. The number of thiophene rings is 1. The summed E-state index contributed by atoms with van der Waals surface area (Å²) >= 11 is 1.49. The smallest absolute Gasteiger partial charge is 0.263 e. The van der Waals surface area contributed by atoms with Gasteiger partial charge in [0.2, 0.25) is 5.91 Å². The SMILES string of the molecule is CN(C)C(=O)c1cc2c(s1)CC[C@H](C(=O)NCc1ccc(F)cc1F)C2. The Hall–Kier alpha value is -2.28. The molecule has 1 aromatic heterocycles. The molecule has 1 aromatic carbocycles. The molecule has 0 radical (unpaired) electrons. The first-order chi connectivity index (χ1) is 12.3. The highest BCUT2D eigenvalue weighted by molar-refractivity contribution is 7.14. The lowest BCUT2D eigenvalue weighted by Crippen LogP contribution is -2.33. The molecule has 0 bridgehead atoms. The number of fused-ring (bicyclic) bond motifs is 1. The van der Waals surface area contributed by atoms with Gasteiger partial charge in [-0.2, -0.15) is 0 Å². The molecule has 1 aliphatic rings. The summed E-state index contributed by atoms with van der Waals surface area (Å²) in [5, 5.41) is 2.73. The van der Waals surface area contributed by atoms with E-state index in [1.807, 2.05) is 6.07 Å². The van der Waals surface area contributed by atoms with Crippen molar-refractivity contribution in [2.75, 3.05) is 14.1 Å². The van der Waals surface area contributed by atoms with Gasteiger partial charge in [-0.05, 0) is 37.0 Å². The molecule has 3 rings (SSSR count). The summed E-state index contributed by atoms with van der Waals surface area (Å²) in [4.78, 5) is 27.9. The molecule has 0 aliphatic heterocycles. The summed E-state index contributed by atoms with van der Waals surface area (Å²) in [6.07, 6.45) is 2.02. The number of carbonyl (C=O) groups is 2. The molecule has 26 heavy (non-hydrogen) atoms. The molecule has 1 atom stereocenters. The lowest BCUT2D eigenvalue weighted by Gasteiger charge is -2.21. The molecule has 1 N–H and O–H groups in total. The maximum absolute atomic E-state index is 13.7. The predicted octanol–water partition coefficient (Wildman–Crippen LogP) is 3.15. The van der Waals surface area contributed by atoms with E-state index >= 15 is 0 Å². The molecule has 7 heteroatoms. The number of hydrogen-bond acceptors (Lipinski definition) is 3. The average molecular weight is 378 g/mol. The zero-order valence-corrected chi connectivity index (χ0v) is 15.5. The molecular weight excluding hydrogens is 358 g/mol. The van der Waals surface area contributed by atoms with Crippen LogP contribution in [0.2, 0.25) is 0 Å². The fourth-order valence-electron chi connectivity index (χ4n) is 3.06. The van der Waals surface area contributed by atoms with Gasteiger partial charge in [0.05, 0.1) is 4.88 Å². The lowest BCUT2D eigenvalue weighted by molar-refractivity contribution is -0.125. The van der Waals surface area contributed by atoms with Crippen LogP contribution in [0.15, 0.2) is 24.3 Å². The van der Waals surface area contributed by atoms with Crippen molar-refractivity contribution >= 4 is 23.2 Å². The zero-order valence-electron chi connectivity index (χ0n) is 14.6. The third-order valence-electron chi connectivity index (χ3n) is 4.54. The molecule has 1 heterocycles. The van der Waals surface area contributed by atoms with Gasteiger partial charge in [-0.25, -0.2) is 8.78 Å². The van der Waals surface area contributed by atoms with E-state index in [2.05, 4.69) is 5.32 Å². The van der Waals surface area contributed by atoms with Crippen LogP contribution in [0.4, 0.5) is 8.78 Å². The minimum Gasteiger partial charge on any atom is -0.352 e. The van der Waals surface area contributed by atoms with Crippen molar-refractivity contribution in [2.24, 2.45) is 5.92 Å². The van der Waals surface area contributed by atoms with E-state index < -0.39 is 11.6 Å². The monoisotopic (exact) mass is 378 g/mol. The molecule has 138 valence electrons. The van der Waals surface area contributed by atoms with Gasteiger partial charge in [-0.3, -0.25) is 9.59 Å². The molecular formula is C19H20F2N2O2S. The van der Waals surface area contributed by atoms with Crippen LogP contribution < -0.4 is 5.32 Å². The molecule has 1 aliphatic carbocycles. The predicted molar refractivity (Wildman–Crippen MR) is 96.1 cm³/mol. The van der Waals surface area contributed by atoms with Crippen molar-refractivity contribution in [1.29, 1.82) is 0 Å². The molecule has 0 unspecified atom stereocenters. The molecule has 0 saturated carbocycles. The third kappa shape index (κ3) is 3.93. The van der Waals surface area contributed by atoms with Crippen LogP contribution in [0.25, 0.3) is 0 Å². The number of nitrogens with zero attached hydrogens (tertiary/aromatic N) is 1. The summed E-state index contributed by atoms with van der Waals surface area (Å²) in [5.74, 6) is -1.69. The standard InChI is InChI=1S/C19H20F2N2O2S/c1-23(2)19(25)17-8-13-7-11(4-6-16(13)26-17)18(24)22-10-12-3-5-14(20)9-15(12)21/h3,5,8-9,11H,4,6-7,10H2,1-2H3,(H,22,24)/t11-/m0/s1. The van der Waals surface area contributed by atoms with Gasteiger partial charge in [0, 0.05) is 43.1 Å². The van der Waals surface area contributed by atoms with Crippen LogP contribution in [-0.2, 0) is 24.2 Å². The van der Waals surface area contributed by atoms with Crippen molar-refractivity contribution in [3.8, 4) is 0 Å². The summed E-state index contributed by atoms with van der Waals surface area (Å²) < 4.78 is 26.6. The Kier molecular flexibility index (Phi) is 5.36. The van der Waals surface area contributed by atoms with Crippen LogP contribution in [0.5, 0.6) is 0 Å². The number of rotatable bonds is 4. The van der Waals surface area contributed by atoms with E-state index in [-0.39, 0.29) is 29.8 Å². The largest absolute Gasteiger partial charge is 0.352 e. The van der Waals surface area contributed by atoms with E-state index in [1.54, 1.807) is 19.0 Å². The van der Waals surface area contributed by atoms with E-state index in [4.69, 9.17) is 0 Å². The summed E-state index contributed by atoms with van der Waals surface area (Å²) in [6.45, 7) is 0.0301. The summed E-state index contributed by atoms with van der Waals surface area (Å²) in [7, 11) is 3.43. The number of nitrogens with one attached hydrogen (secondary N) is 1. The molecule has 0 saturated heterocycles. The van der Waals surface area contributed by atoms with Crippen LogP contribution in [0, 0.1) is 17.6 Å². The molecule has 0 spiro atoms. The first-order valence-corrected chi connectivity index (χ1v) is 9.21. The first kappa shape index (κ1) is 18.5. The van der Waals surface area contributed by atoms with Crippen LogP contribution in [-0.4, -0.2) is 30.8 Å². The highest BCUT2D eigenvalue weighted by Gasteiger charge is 2.27. The van der Waals surface area contributed by atoms with Crippen molar-refractivity contribution in [3.05, 3.63) is 56.8 Å². The normalized spacial score (nSPS) is 16.1. The third-order valence-corrected chi connectivity index (χ3v) is 5.76. The summed E-state index contributed by atoms with van der Waals surface area (Å²) in [6, 6.07) is 5.19. The van der Waals surface area contributed by atoms with Crippen molar-refractivity contribution < 1.29 is 18.4 Å². The second-order valence-corrected chi connectivity index (χ2v) is 7.79. The summed E-state index contributed by atoms with van der Waals surface area (Å²) in [5.41, 5.74) is 1.30. The number of amides is 2. The Labute approximate surface area is 154 Å². The van der Waals surface area contributed by atoms with Crippen LogP contribution >= 0.6 is 11.3 Å². The second kappa shape index (κ2) is 7.53. The lowest BCUT2D eigenvalue weighted by atomic mass is 9.87. The molecule has 4 nitrogen and oxygen atoms in total. The van der Waals surface area contributed by atoms with Crippen LogP contribution in [0.3, 0.4) is 0 Å². The van der Waals surface area contributed by atoms with Crippen LogP contribution in [0.1, 0.15) is 32.1 Å². The first-order valence-electron chi connectivity index (χ1n) is 8.40. The van der Waals surface area contributed by atoms with Gasteiger partial charge in [0.15, 0.2) is 0 Å². The van der Waals surface area contributed by atoms with E-state index in [0.717, 1.165) is 22.9 Å². The fourth-order valence-corrected chi connectivity index (χ4v) is 4.29. The number of carbonyl (C=O) groups excluding carboxylic acids is 2.